The molecule has 0 amide bonds. The van der Waals surface area contributed by atoms with Gasteiger partial charge in [-0.2, -0.15) is 16.1 Å². The summed E-state index contributed by atoms with van der Waals surface area (Å²) in [5.41, 5.74) is 5.49. The maximum Gasteiger partial charge on any atom is 0.244 e. The summed E-state index contributed by atoms with van der Waals surface area (Å²) >= 11 is 1.43. The van der Waals surface area contributed by atoms with Crippen LogP contribution in [0.4, 0.5) is 5.82 Å². The van der Waals surface area contributed by atoms with Crippen molar-refractivity contribution in [2.75, 3.05) is 30.0 Å². The lowest BCUT2D eigenvalue weighted by Crippen LogP contribution is -2.49. The highest BCUT2D eigenvalue weighted by atomic mass is 32.2. The molecular formula is C10H15N3O4S3. The Hall–Kier alpha value is -0.840. The Morgan fingerprint density at radius 1 is 1.40 bits per heavy atom. The van der Waals surface area contributed by atoms with Crippen LogP contribution >= 0.6 is 11.8 Å². The van der Waals surface area contributed by atoms with Crippen molar-refractivity contribution in [3.05, 3.63) is 18.3 Å². The first kappa shape index (κ1) is 15.5. The van der Waals surface area contributed by atoms with Gasteiger partial charge in [0.15, 0.2) is 9.84 Å². The summed E-state index contributed by atoms with van der Waals surface area (Å²) in [4.78, 5) is 3.70. The van der Waals surface area contributed by atoms with Gasteiger partial charge in [-0.15, -0.1) is 0 Å². The maximum absolute atomic E-state index is 12.6. The van der Waals surface area contributed by atoms with E-state index in [1.54, 1.807) is 0 Å². The fraction of sp³-hybridized carbons (Fsp3) is 0.500. The van der Waals surface area contributed by atoms with Crippen LogP contribution < -0.4 is 5.73 Å². The van der Waals surface area contributed by atoms with Crippen LogP contribution in [0.3, 0.4) is 0 Å². The van der Waals surface area contributed by atoms with E-state index in [0.717, 1.165) is 10.6 Å². The average Bonchev–Trinajstić information content (AvgIpc) is 2.38. The number of anilines is 1. The number of nitrogens with two attached hydrogens (primary N) is 1. The number of hydrogen-bond acceptors (Lipinski definition) is 7. The van der Waals surface area contributed by atoms with Gasteiger partial charge < -0.3 is 5.73 Å². The summed E-state index contributed by atoms with van der Waals surface area (Å²) in [7, 11) is -7.39. The first-order valence-corrected chi connectivity index (χ1v) is 10.3. The molecule has 2 rings (SSSR count). The highest BCUT2D eigenvalue weighted by molar-refractivity contribution is 8.01. The lowest BCUT2D eigenvalue weighted by atomic mass is 10.5. The Balaban J connectivity index is 2.46. The lowest BCUT2D eigenvalue weighted by molar-refractivity contribution is 0.405. The van der Waals surface area contributed by atoms with Gasteiger partial charge in [0.25, 0.3) is 0 Å². The van der Waals surface area contributed by atoms with Crippen LogP contribution in [0.2, 0.25) is 0 Å². The van der Waals surface area contributed by atoms with E-state index >= 15 is 0 Å². The van der Waals surface area contributed by atoms with Crippen molar-refractivity contribution in [3.63, 3.8) is 0 Å². The van der Waals surface area contributed by atoms with Crippen molar-refractivity contribution in [2.45, 2.75) is 10.3 Å². The molecule has 7 nitrogen and oxygen atoms in total. The summed E-state index contributed by atoms with van der Waals surface area (Å²) < 4.78 is 49.7. The van der Waals surface area contributed by atoms with Crippen LogP contribution in [0.5, 0.6) is 0 Å². The molecule has 1 fully saturated rings. The summed E-state index contributed by atoms with van der Waals surface area (Å²) in [5, 5.41) is -1.04. The minimum absolute atomic E-state index is 0.0365. The summed E-state index contributed by atoms with van der Waals surface area (Å²) in [6, 6.07) is 2.54. The van der Waals surface area contributed by atoms with Crippen molar-refractivity contribution in [3.8, 4) is 0 Å². The molecule has 1 unspecified atom stereocenters. The number of nitrogens with zero attached hydrogens (tertiary/aromatic N) is 2. The molecule has 1 atom stereocenters. The van der Waals surface area contributed by atoms with Crippen LogP contribution in [-0.4, -0.2) is 55.8 Å². The molecule has 0 saturated carbocycles. The number of thioether (sulfide) groups is 1. The second-order valence-corrected chi connectivity index (χ2v) is 9.63. The van der Waals surface area contributed by atoms with Gasteiger partial charge in [-0.1, -0.05) is 0 Å². The van der Waals surface area contributed by atoms with Gasteiger partial charge in [0.1, 0.15) is 11.2 Å². The molecule has 0 aliphatic carbocycles. The summed E-state index contributed by atoms with van der Waals surface area (Å²) in [6.07, 6.45) is 2.34. The summed E-state index contributed by atoms with van der Waals surface area (Å²) in [5.74, 6) is 0.873. The van der Waals surface area contributed by atoms with E-state index in [0.29, 0.717) is 5.75 Å². The van der Waals surface area contributed by atoms with Crippen molar-refractivity contribution < 1.29 is 16.8 Å². The highest BCUT2D eigenvalue weighted by Crippen LogP contribution is 2.27. The fourth-order valence-corrected chi connectivity index (χ4v) is 7.09. The first-order valence-electron chi connectivity index (χ1n) is 5.73. The SMILES string of the molecule is CS(=O)(=O)C1CSCCN1S(=O)(=O)c1ccnc(N)c1. The molecule has 112 valence electrons. The van der Waals surface area contributed by atoms with Crippen molar-refractivity contribution in [2.24, 2.45) is 0 Å². The zero-order chi connectivity index (χ0) is 15.0. The number of hydrogen-bond donors (Lipinski definition) is 1. The third kappa shape index (κ3) is 3.08. The first-order chi connectivity index (χ1) is 9.23. The molecule has 1 aromatic heterocycles. The highest BCUT2D eigenvalue weighted by Gasteiger charge is 2.39. The quantitative estimate of drug-likeness (QED) is 0.811. The van der Waals surface area contributed by atoms with Crippen LogP contribution in [0.1, 0.15) is 0 Å². The standard InChI is InChI=1S/C10H15N3O4S3/c1-19(14,15)10-7-18-5-4-13(10)20(16,17)8-2-3-12-9(11)6-8/h2-3,6,10H,4-5,7H2,1H3,(H2,11,12). The number of aromatic nitrogens is 1. The molecule has 20 heavy (non-hydrogen) atoms. The third-order valence-electron chi connectivity index (χ3n) is 2.89. The van der Waals surface area contributed by atoms with Gasteiger partial charge in [-0.3, -0.25) is 0 Å². The van der Waals surface area contributed by atoms with E-state index in [1.807, 2.05) is 0 Å². The maximum atomic E-state index is 12.6. The molecule has 1 aliphatic rings. The van der Waals surface area contributed by atoms with Gasteiger partial charge in [-0.05, 0) is 6.07 Å². The Kier molecular flexibility index (Phi) is 4.28. The van der Waals surface area contributed by atoms with E-state index < -0.39 is 25.2 Å². The Morgan fingerprint density at radius 2 is 2.10 bits per heavy atom. The van der Waals surface area contributed by atoms with Crippen molar-refractivity contribution in [1.82, 2.24) is 9.29 Å². The third-order valence-corrected chi connectivity index (χ3v) is 7.57. The molecule has 1 aliphatic heterocycles. The summed E-state index contributed by atoms with van der Waals surface area (Å²) in [6.45, 7) is 0.160. The van der Waals surface area contributed by atoms with E-state index in [4.69, 9.17) is 5.73 Å². The molecule has 1 aromatic rings. The Bertz CT molecular complexity index is 702. The van der Waals surface area contributed by atoms with Gasteiger partial charge >= 0.3 is 0 Å². The van der Waals surface area contributed by atoms with Gasteiger partial charge in [0, 0.05) is 36.6 Å². The molecule has 1 saturated heterocycles. The molecule has 0 aromatic carbocycles. The second kappa shape index (κ2) is 5.51. The molecule has 2 N–H and O–H groups in total. The number of sulfone groups is 1. The normalized spacial score (nSPS) is 21.8. The van der Waals surface area contributed by atoms with Crippen LogP contribution in [0.15, 0.2) is 23.2 Å². The van der Waals surface area contributed by atoms with Crippen molar-refractivity contribution >= 4 is 37.4 Å². The topological polar surface area (TPSA) is 110 Å². The Labute approximate surface area is 122 Å². The zero-order valence-corrected chi connectivity index (χ0v) is 13.2. The lowest BCUT2D eigenvalue weighted by Gasteiger charge is -2.32. The van der Waals surface area contributed by atoms with Crippen molar-refractivity contribution in [1.29, 1.82) is 0 Å². The number of sulfonamides is 1. The molecule has 0 bridgehead atoms. The van der Waals surface area contributed by atoms with Crippen LogP contribution in [-0.2, 0) is 19.9 Å². The number of nitrogen functional groups attached to an aromatic ring is 1. The average molecular weight is 337 g/mol. The molecule has 10 heteroatoms. The molecular weight excluding hydrogens is 322 g/mol. The van der Waals surface area contributed by atoms with Gasteiger partial charge in [0.05, 0.1) is 4.90 Å². The minimum atomic E-state index is -3.90. The molecule has 0 spiro atoms. The van der Waals surface area contributed by atoms with E-state index in [1.165, 1.54) is 30.1 Å². The van der Waals surface area contributed by atoms with E-state index in [-0.39, 0.29) is 23.0 Å². The predicted octanol–water partition coefficient (Wildman–Crippen LogP) is -0.228. The smallest absolute Gasteiger partial charge is 0.244 e. The monoisotopic (exact) mass is 337 g/mol. The Morgan fingerprint density at radius 3 is 2.70 bits per heavy atom. The number of rotatable bonds is 3. The minimum Gasteiger partial charge on any atom is -0.384 e. The predicted molar refractivity (Wildman–Crippen MR) is 78.5 cm³/mol. The zero-order valence-electron chi connectivity index (χ0n) is 10.8. The number of pyridine rings is 1. The van der Waals surface area contributed by atoms with Gasteiger partial charge in [0.2, 0.25) is 10.0 Å². The fourth-order valence-electron chi connectivity index (χ4n) is 1.90. The largest absolute Gasteiger partial charge is 0.384 e. The van der Waals surface area contributed by atoms with E-state index in [2.05, 4.69) is 4.98 Å². The van der Waals surface area contributed by atoms with Crippen LogP contribution in [0, 0.1) is 0 Å². The van der Waals surface area contributed by atoms with Crippen LogP contribution in [0.25, 0.3) is 0 Å². The molecule has 0 radical (unpaired) electrons. The van der Waals surface area contributed by atoms with E-state index in [9.17, 15) is 16.8 Å². The molecule has 2 heterocycles. The second-order valence-electron chi connectivity index (χ2n) is 4.39. The van der Waals surface area contributed by atoms with Gasteiger partial charge in [-0.25, -0.2) is 21.8 Å².